The zero-order valence-electron chi connectivity index (χ0n) is 7.55. The van der Waals surface area contributed by atoms with Crippen molar-refractivity contribution in [2.24, 2.45) is 5.73 Å². The number of hydrogen-bond acceptors (Lipinski definition) is 2. The number of benzene rings is 1. The summed E-state index contributed by atoms with van der Waals surface area (Å²) >= 11 is 0. The predicted octanol–water partition coefficient (Wildman–Crippen LogP) is 1.84. The van der Waals surface area contributed by atoms with Gasteiger partial charge in [-0.05, 0) is 12.1 Å². The molecule has 15 heavy (non-hydrogen) atoms. The second-order valence-corrected chi connectivity index (χ2v) is 2.95. The van der Waals surface area contributed by atoms with Crippen molar-refractivity contribution in [3.8, 4) is 0 Å². The molecule has 0 spiro atoms. The summed E-state index contributed by atoms with van der Waals surface area (Å²) in [4.78, 5) is 0. The van der Waals surface area contributed by atoms with E-state index < -0.39 is 35.8 Å². The number of aliphatic hydroxyl groups excluding tert-OH is 1. The average Bonchev–Trinajstić information content (AvgIpc) is 2.15. The number of hydrogen-bond donors (Lipinski definition) is 2. The van der Waals surface area contributed by atoms with Gasteiger partial charge in [0.1, 0.15) is 5.82 Å². The smallest absolute Gasteiger partial charge is 0.387 e. The van der Waals surface area contributed by atoms with Crippen LogP contribution in [0.1, 0.15) is 17.2 Å². The molecular weight excluding hydrogens is 214 g/mol. The quantitative estimate of drug-likeness (QED) is 0.751. The third kappa shape index (κ3) is 2.45. The van der Waals surface area contributed by atoms with Crippen molar-refractivity contribution in [2.75, 3.05) is 6.54 Å². The number of alkyl halides is 3. The van der Waals surface area contributed by atoms with E-state index in [-0.39, 0.29) is 0 Å². The molecule has 1 aromatic carbocycles. The SMILES string of the molecule is NCC(O)c1c(F)cccc1C(F)(F)F. The molecule has 3 N–H and O–H groups in total. The Hall–Kier alpha value is -1.14. The van der Waals surface area contributed by atoms with E-state index in [1.54, 1.807) is 0 Å². The lowest BCUT2D eigenvalue weighted by atomic mass is 10.0. The maximum Gasteiger partial charge on any atom is 0.416 e. The molecule has 0 aliphatic heterocycles. The average molecular weight is 223 g/mol. The molecule has 0 aromatic heterocycles. The molecule has 1 atom stereocenters. The third-order valence-electron chi connectivity index (χ3n) is 1.91. The van der Waals surface area contributed by atoms with E-state index in [1.165, 1.54) is 0 Å². The van der Waals surface area contributed by atoms with E-state index >= 15 is 0 Å². The molecule has 0 aliphatic rings. The molecule has 2 nitrogen and oxygen atoms in total. The van der Waals surface area contributed by atoms with E-state index in [2.05, 4.69) is 0 Å². The fourth-order valence-corrected chi connectivity index (χ4v) is 1.24. The second kappa shape index (κ2) is 4.16. The van der Waals surface area contributed by atoms with E-state index in [0.29, 0.717) is 6.07 Å². The van der Waals surface area contributed by atoms with Crippen LogP contribution in [0.3, 0.4) is 0 Å². The Labute approximate surface area is 83.3 Å². The van der Waals surface area contributed by atoms with Crippen molar-refractivity contribution in [1.82, 2.24) is 0 Å². The molecule has 0 aliphatic carbocycles. The molecule has 84 valence electrons. The Morgan fingerprint density at radius 1 is 1.33 bits per heavy atom. The van der Waals surface area contributed by atoms with Gasteiger partial charge in [0.25, 0.3) is 0 Å². The first-order valence-corrected chi connectivity index (χ1v) is 4.11. The van der Waals surface area contributed by atoms with Gasteiger partial charge in [-0.25, -0.2) is 4.39 Å². The monoisotopic (exact) mass is 223 g/mol. The number of aliphatic hydroxyl groups is 1. The Morgan fingerprint density at radius 3 is 2.40 bits per heavy atom. The van der Waals surface area contributed by atoms with E-state index in [0.717, 1.165) is 12.1 Å². The summed E-state index contributed by atoms with van der Waals surface area (Å²) in [5, 5.41) is 9.19. The van der Waals surface area contributed by atoms with Gasteiger partial charge in [0.15, 0.2) is 0 Å². The lowest BCUT2D eigenvalue weighted by molar-refractivity contribution is -0.139. The Bertz CT molecular complexity index is 350. The summed E-state index contributed by atoms with van der Waals surface area (Å²) in [6.07, 6.45) is -6.35. The molecule has 0 saturated heterocycles. The van der Waals surface area contributed by atoms with Crippen molar-refractivity contribution < 1.29 is 22.7 Å². The molecular formula is C9H9F4NO. The van der Waals surface area contributed by atoms with E-state index in [4.69, 9.17) is 5.73 Å². The number of rotatable bonds is 2. The van der Waals surface area contributed by atoms with Crippen molar-refractivity contribution in [3.05, 3.63) is 35.1 Å². The Morgan fingerprint density at radius 2 is 1.93 bits per heavy atom. The first-order chi connectivity index (χ1) is 6.88. The molecule has 0 bridgehead atoms. The molecule has 0 radical (unpaired) electrons. The van der Waals surface area contributed by atoms with Crippen LogP contribution in [0.5, 0.6) is 0 Å². The summed E-state index contributed by atoms with van der Waals surface area (Å²) in [7, 11) is 0. The normalized spacial score (nSPS) is 14.0. The minimum Gasteiger partial charge on any atom is -0.387 e. The van der Waals surface area contributed by atoms with Gasteiger partial charge >= 0.3 is 6.18 Å². The van der Waals surface area contributed by atoms with Crippen LogP contribution in [-0.4, -0.2) is 11.7 Å². The minimum absolute atomic E-state index is 0.468. The maximum atomic E-state index is 13.1. The van der Waals surface area contributed by atoms with Gasteiger partial charge < -0.3 is 10.8 Å². The van der Waals surface area contributed by atoms with Crippen molar-refractivity contribution >= 4 is 0 Å². The van der Waals surface area contributed by atoms with Crippen molar-refractivity contribution in [3.63, 3.8) is 0 Å². The lowest BCUT2D eigenvalue weighted by Gasteiger charge is -2.16. The number of halogens is 4. The van der Waals surface area contributed by atoms with E-state index in [9.17, 15) is 22.7 Å². The van der Waals surface area contributed by atoms with Gasteiger partial charge in [-0.3, -0.25) is 0 Å². The zero-order chi connectivity index (χ0) is 11.6. The van der Waals surface area contributed by atoms with Gasteiger partial charge in [0.2, 0.25) is 0 Å². The third-order valence-corrected chi connectivity index (χ3v) is 1.91. The first-order valence-electron chi connectivity index (χ1n) is 4.11. The highest BCUT2D eigenvalue weighted by Crippen LogP contribution is 2.35. The largest absolute Gasteiger partial charge is 0.416 e. The van der Waals surface area contributed by atoms with E-state index in [1.807, 2.05) is 0 Å². The summed E-state index contributed by atoms with van der Waals surface area (Å²) in [5.41, 5.74) is 3.01. The molecule has 6 heteroatoms. The van der Waals surface area contributed by atoms with Crippen LogP contribution >= 0.6 is 0 Å². The molecule has 0 heterocycles. The van der Waals surface area contributed by atoms with Crippen LogP contribution in [0.4, 0.5) is 17.6 Å². The second-order valence-electron chi connectivity index (χ2n) is 2.95. The maximum absolute atomic E-state index is 13.1. The Kier molecular flexibility index (Phi) is 3.31. The summed E-state index contributed by atoms with van der Waals surface area (Å²) in [5.74, 6) is -1.11. The van der Waals surface area contributed by atoms with Gasteiger partial charge in [-0.1, -0.05) is 6.07 Å². The Balaban J connectivity index is 3.33. The lowest BCUT2D eigenvalue weighted by Crippen LogP contribution is -2.19. The fraction of sp³-hybridized carbons (Fsp3) is 0.333. The van der Waals surface area contributed by atoms with Gasteiger partial charge in [-0.15, -0.1) is 0 Å². The van der Waals surface area contributed by atoms with Crippen LogP contribution < -0.4 is 5.73 Å². The highest BCUT2D eigenvalue weighted by molar-refractivity contribution is 5.33. The molecule has 1 unspecified atom stereocenters. The molecule has 0 saturated carbocycles. The van der Waals surface area contributed by atoms with Crippen LogP contribution in [0.25, 0.3) is 0 Å². The summed E-state index contributed by atoms with van der Waals surface area (Å²) in [6, 6.07) is 2.49. The molecule has 1 aromatic rings. The molecule has 0 amide bonds. The van der Waals surface area contributed by atoms with Crippen molar-refractivity contribution in [2.45, 2.75) is 12.3 Å². The standard InChI is InChI=1S/C9H9F4NO/c10-6-3-1-2-5(9(11,12)13)8(6)7(15)4-14/h1-3,7,15H,4,14H2. The van der Waals surface area contributed by atoms with Crippen LogP contribution in [-0.2, 0) is 6.18 Å². The first kappa shape index (κ1) is 11.9. The highest BCUT2D eigenvalue weighted by Gasteiger charge is 2.36. The topological polar surface area (TPSA) is 46.2 Å². The van der Waals surface area contributed by atoms with Gasteiger partial charge in [0.05, 0.1) is 11.7 Å². The molecule has 0 fully saturated rings. The predicted molar refractivity (Wildman–Crippen MR) is 45.4 cm³/mol. The zero-order valence-corrected chi connectivity index (χ0v) is 7.55. The summed E-state index contributed by atoms with van der Waals surface area (Å²) in [6.45, 7) is -0.468. The van der Waals surface area contributed by atoms with Crippen LogP contribution in [0.2, 0.25) is 0 Å². The fourth-order valence-electron chi connectivity index (χ4n) is 1.24. The van der Waals surface area contributed by atoms with Crippen molar-refractivity contribution in [1.29, 1.82) is 0 Å². The van der Waals surface area contributed by atoms with Crippen LogP contribution in [0.15, 0.2) is 18.2 Å². The molecule has 1 rings (SSSR count). The summed E-state index contributed by atoms with van der Waals surface area (Å²) < 4.78 is 50.3. The van der Waals surface area contributed by atoms with Crippen LogP contribution in [0, 0.1) is 5.82 Å². The van der Waals surface area contributed by atoms with Gasteiger partial charge in [0, 0.05) is 12.1 Å². The highest BCUT2D eigenvalue weighted by atomic mass is 19.4. The number of nitrogens with two attached hydrogens (primary N) is 1. The minimum atomic E-state index is -4.70. The van der Waals surface area contributed by atoms with Gasteiger partial charge in [-0.2, -0.15) is 13.2 Å².